The molecule has 2 atom stereocenters. The number of carbonyl (C=O) groups excluding carboxylic acids is 1. The molecule has 3 N–H and O–H groups in total. The number of ether oxygens (including phenoxy) is 1. The van der Waals surface area contributed by atoms with Crippen LogP contribution in [0.25, 0.3) is 0 Å². The monoisotopic (exact) mass is 437 g/mol. The molecule has 168 valence electrons. The minimum Gasteiger partial charge on any atom is -0.394 e. The van der Waals surface area contributed by atoms with E-state index in [1.54, 1.807) is 37.2 Å². The molecular formula is C25H28FN3O3. The number of aliphatic hydroxyl groups excluding tert-OH is 1. The number of nitrogens with one attached hydrogen (secondary N) is 2. The third kappa shape index (κ3) is 4.18. The van der Waals surface area contributed by atoms with E-state index in [0.717, 1.165) is 16.7 Å². The van der Waals surface area contributed by atoms with Crippen LogP contribution in [0.2, 0.25) is 0 Å². The maximum absolute atomic E-state index is 15.3. The van der Waals surface area contributed by atoms with Crippen molar-refractivity contribution in [3.05, 3.63) is 81.8 Å². The van der Waals surface area contributed by atoms with Gasteiger partial charge in [0.15, 0.2) is 0 Å². The maximum atomic E-state index is 15.3. The molecule has 4 rings (SSSR count). The van der Waals surface area contributed by atoms with Gasteiger partial charge in [-0.25, -0.2) is 4.39 Å². The van der Waals surface area contributed by atoms with Crippen molar-refractivity contribution in [2.24, 2.45) is 0 Å². The lowest BCUT2D eigenvalue weighted by Gasteiger charge is -2.34. The Morgan fingerprint density at radius 1 is 1.38 bits per heavy atom. The van der Waals surface area contributed by atoms with Gasteiger partial charge in [-0.2, -0.15) is 0 Å². The molecule has 0 saturated carbocycles. The quantitative estimate of drug-likeness (QED) is 0.607. The number of halogens is 1. The van der Waals surface area contributed by atoms with Crippen LogP contribution in [0.15, 0.2) is 42.6 Å². The van der Waals surface area contributed by atoms with Crippen molar-refractivity contribution in [3.8, 4) is 0 Å². The zero-order chi connectivity index (χ0) is 22.8. The molecule has 32 heavy (non-hydrogen) atoms. The van der Waals surface area contributed by atoms with E-state index in [4.69, 9.17) is 10.1 Å². The Labute approximate surface area is 187 Å². The molecule has 0 spiro atoms. The van der Waals surface area contributed by atoms with Crippen molar-refractivity contribution in [1.29, 1.82) is 5.41 Å². The van der Waals surface area contributed by atoms with E-state index in [2.05, 4.69) is 5.32 Å². The van der Waals surface area contributed by atoms with E-state index in [1.165, 1.54) is 0 Å². The Balaban J connectivity index is 1.56. The highest BCUT2D eigenvalue weighted by Gasteiger charge is 2.39. The molecule has 2 aromatic rings. The smallest absolute Gasteiger partial charge is 0.255 e. The zero-order valence-electron chi connectivity index (χ0n) is 18.3. The summed E-state index contributed by atoms with van der Waals surface area (Å²) in [6.07, 6.45) is 3.67. The molecule has 2 heterocycles. The molecule has 0 aromatic heterocycles. The molecule has 0 unspecified atom stereocenters. The van der Waals surface area contributed by atoms with E-state index < -0.39 is 12.1 Å². The number of rotatable bonds is 6. The highest BCUT2D eigenvalue weighted by Crippen LogP contribution is 2.33. The molecule has 7 heteroatoms. The molecule has 2 aromatic carbocycles. The first-order chi connectivity index (χ1) is 15.4. The van der Waals surface area contributed by atoms with Crippen LogP contribution in [0.1, 0.15) is 44.6 Å². The number of nitrogens with zero attached hydrogens (tertiary/aromatic N) is 1. The molecular weight excluding hydrogens is 409 g/mol. The van der Waals surface area contributed by atoms with Crippen LogP contribution in [0.3, 0.4) is 0 Å². The molecule has 1 fully saturated rings. The summed E-state index contributed by atoms with van der Waals surface area (Å²) in [5, 5.41) is 21.2. The van der Waals surface area contributed by atoms with E-state index >= 15 is 4.39 Å². The van der Waals surface area contributed by atoms with Crippen molar-refractivity contribution < 1.29 is 19.0 Å². The van der Waals surface area contributed by atoms with Gasteiger partial charge >= 0.3 is 0 Å². The van der Waals surface area contributed by atoms with Crippen molar-refractivity contribution in [1.82, 2.24) is 10.2 Å². The second-order valence-electron chi connectivity index (χ2n) is 8.34. The van der Waals surface area contributed by atoms with Gasteiger partial charge in [0, 0.05) is 24.8 Å². The minimum atomic E-state index is -0.661. The average molecular weight is 438 g/mol. The number of fused-ring (bicyclic) bond motifs is 1. The molecule has 0 bridgehead atoms. The molecule has 0 aliphatic carbocycles. The summed E-state index contributed by atoms with van der Waals surface area (Å²) in [7, 11) is 1.78. The lowest BCUT2D eigenvalue weighted by Crippen LogP contribution is -2.49. The van der Waals surface area contributed by atoms with E-state index in [9.17, 15) is 9.90 Å². The first-order valence-corrected chi connectivity index (χ1v) is 10.8. The third-order valence-electron chi connectivity index (χ3n) is 6.31. The van der Waals surface area contributed by atoms with Gasteiger partial charge < -0.3 is 25.5 Å². The van der Waals surface area contributed by atoms with Gasteiger partial charge in [0.1, 0.15) is 5.82 Å². The second-order valence-corrected chi connectivity index (χ2v) is 8.34. The third-order valence-corrected chi connectivity index (χ3v) is 6.31. The van der Waals surface area contributed by atoms with Crippen molar-refractivity contribution in [3.63, 3.8) is 0 Å². The summed E-state index contributed by atoms with van der Waals surface area (Å²) < 4.78 is 20.7. The number of hydrogen-bond donors (Lipinski definition) is 3. The van der Waals surface area contributed by atoms with Crippen molar-refractivity contribution in [2.45, 2.75) is 38.5 Å². The first kappa shape index (κ1) is 22.2. The Bertz CT molecular complexity index is 1070. The Hall–Kier alpha value is -3.03. The van der Waals surface area contributed by atoms with Gasteiger partial charge in [0.2, 0.25) is 0 Å². The summed E-state index contributed by atoms with van der Waals surface area (Å²) in [5.41, 5.74) is 4.22. The van der Waals surface area contributed by atoms with Gasteiger partial charge in [-0.3, -0.25) is 4.79 Å². The molecule has 1 amide bonds. The lowest BCUT2D eigenvalue weighted by molar-refractivity contribution is -0.0529. The number of amides is 1. The Morgan fingerprint density at radius 3 is 2.81 bits per heavy atom. The lowest BCUT2D eigenvalue weighted by atomic mass is 9.94. The fraction of sp³-hybridized carbons (Fsp3) is 0.360. The van der Waals surface area contributed by atoms with Crippen LogP contribution in [-0.4, -0.2) is 54.0 Å². The molecule has 6 nitrogen and oxygen atoms in total. The summed E-state index contributed by atoms with van der Waals surface area (Å²) >= 11 is 0. The van der Waals surface area contributed by atoms with Crippen LogP contribution >= 0.6 is 0 Å². The number of allylic oxidation sites excluding steroid dienone is 1. The number of aliphatic hydroxyl groups is 1. The molecule has 1 saturated heterocycles. The predicted octanol–water partition coefficient (Wildman–Crippen LogP) is 2.93. The van der Waals surface area contributed by atoms with Crippen LogP contribution < -0.4 is 5.32 Å². The SMILES string of the molecule is CN/C=C\C(=N)c1ccc(Cc2cc3c(c(F)c2C)CN([C@H]2COCC[C@@H]2O)C3=O)cc1. The minimum absolute atomic E-state index is 0.156. The standard InChI is InChI=1S/C25H28FN3O3/c1-15-18(11-16-3-5-17(6-4-16)21(27)7-9-28-2)12-19-20(24(15)26)13-29(25(19)31)22-14-32-10-8-23(22)30/h3-7,9,12,22-23,27-28,30H,8,10-11,13-14H2,1-2H3/b9-7-,27-21?/t22-,23-/m0/s1. The van der Waals surface area contributed by atoms with E-state index in [0.29, 0.717) is 41.9 Å². The number of hydrogen-bond acceptors (Lipinski definition) is 5. The Kier molecular flexibility index (Phi) is 6.39. The number of carbonyl (C=O) groups is 1. The topological polar surface area (TPSA) is 85.7 Å². The molecule has 0 radical (unpaired) electrons. The summed E-state index contributed by atoms with van der Waals surface area (Å²) in [6, 6.07) is 8.92. The van der Waals surface area contributed by atoms with Gasteiger partial charge in [-0.1, -0.05) is 24.3 Å². The van der Waals surface area contributed by atoms with E-state index in [-0.39, 0.29) is 24.9 Å². The summed E-state index contributed by atoms with van der Waals surface area (Å²) in [4.78, 5) is 14.6. The van der Waals surface area contributed by atoms with Gasteiger partial charge in [0.05, 0.1) is 31.0 Å². The summed E-state index contributed by atoms with van der Waals surface area (Å²) in [6.45, 7) is 2.62. The van der Waals surface area contributed by atoms with Gasteiger partial charge in [-0.15, -0.1) is 0 Å². The van der Waals surface area contributed by atoms with Crippen LogP contribution in [-0.2, 0) is 17.7 Å². The van der Waals surface area contributed by atoms with Crippen LogP contribution in [0, 0.1) is 18.2 Å². The van der Waals surface area contributed by atoms with Crippen molar-refractivity contribution >= 4 is 11.6 Å². The largest absolute Gasteiger partial charge is 0.394 e. The van der Waals surface area contributed by atoms with Crippen molar-refractivity contribution in [2.75, 3.05) is 20.3 Å². The fourth-order valence-electron chi connectivity index (χ4n) is 4.34. The molecule has 2 aliphatic rings. The Morgan fingerprint density at radius 2 is 2.12 bits per heavy atom. The highest BCUT2D eigenvalue weighted by molar-refractivity contribution is 6.06. The van der Waals surface area contributed by atoms with Gasteiger partial charge in [-0.05, 0) is 60.4 Å². The average Bonchev–Trinajstić information content (AvgIpc) is 3.12. The maximum Gasteiger partial charge on any atom is 0.255 e. The first-order valence-electron chi connectivity index (χ1n) is 10.8. The fourth-order valence-corrected chi connectivity index (χ4v) is 4.34. The van der Waals surface area contributed by atoms with Crippen LogP contribution in [0.4, 0.5) is 4.39 Å². The highest BCUT2D eigenvalue weighted by atomic mass is 19.1. The molecule has 2 aliphatic heterocycles. The number of benzene rings is 2. The normalized spacial score (nSPS) is 20.6. The van der Waals surface area contributed by atoms with E-state index in [1.807, 2.05) is 24.3 Å². The second kappa shape index (κ2) is 9.22. The predicted molar refractivity (Wildman–Crippen MR) is 121 cm³/mol. The van der Waals surface area contributed by atoms with Gasteiger partial charge in [0.25, 0.3) is 5.91 Å². The summed E-state index contributed by atoms with van der Waals surface area (Å²) in [5.74, 6) is -0.606. The van der Waals surface area contributed by atoms with Crippen LogP contribution in [0.5, 0.6) is 0 Å². The zero-order valence-corrected chi connectivity index (χ0v) is 18.3.